The van der Waals surface area contributed by atoms with Gasteiger partial charge in [-0.15, -0.1) is 10.2 Å². The van der Waals surface area contributed by atoms with Crippen molar-refractivity contribution in [1.29, 1.82) is 0 Å². The van der Waals surface area contributed by atoms with E-state index in [9.17, 15) is 14.0 Å². The van der Waals surface area contributed by atoms with Crippen molar-refractivity contribution in [3.05, 3.63) is 77.6 Å². The number of carbonyl (C=O) groups excluding carboxylic acids is 2. The van der Waals surface area contributed by atoms with Gasteiger partial charge in [-0.2, -0.15) is 0 Å². The van der Waals surface area contributed by atoms with E-state index in [1.807, 2.05) is 24.3 Å². The van der Waals surface area contributed by atoms with Crippen LogP contribution in [0, 0.1) is 12.7 Å². The van der Waals surface area contributed by atoms with Crippen molar-refractivity contribution >= 4 is 17.6 Å². The molecule has 9 heteroatoms. The standard InChI is InChI=1S/C30H34FN5O3/c1-22-8-10-23(11-9-22)27-12-13-28(33-32-27)34-14-4-15-35(17-16-34)29(37)21-36(20-26-7-3-18-39-26)30(38)24-5-2-6-25(31)19-24/h2,5-6,8-13,19,26H,3-4,7,14-18,20-21H2,1H3/t26-/m1/s1. The molecule has 1 aromatic heterocycles. The summed E-state index contributed by atoms with van der Waals surface area (Å²) in [4.78, 5) is 32.1. The highest BCUT2D eigenvalue weighted by Gasteiger charge is 2.28. The third kappa shape index (κ3) is 6.78. The van der Waals surface area contributed by atoms with Gasteiger partial charge in [0.05, 0.1) is 11.8 Å². The topological polar surface area (TPSA) is 78.9 Å². The molecule has 3 heterocycles. The van der Waals surface area contributed by atoms with Crippen molar-refractivity contribution in [3.63, 3.8) is 0 Å². The van der Waals surface area contributed by atoms with Crippen LogP contribution in [0.1, 0.15) is 35.2 Å². The highest BCUT2D eigenvalue weighted by molar-refractivity contribution is 5.96. The summed E-state index contributed by atoms with van der Waals surface area (Å²) in [6.45, 7) is 5.42. The number of carbonyl (C=O) groups is 2. The van der Waals surface area contributed by atoms with E-state index in [0.29, 0.717) is 32.8 Å². The maximum Gasteiger partial charge on any atom is 0.254 e. The number of ether oxygens (including phenoxy) is 1. The summed E-state index contributed by atoms with van der Waals surface area (Å²) in [6.07, 6.45) is 2.42. The van der Waals surface area contributed by atoms with Crippen LogP contribution in [-0.4, -0.2) is 83.8 Å². The van der Waals surface area contributed by atoms with Crippen LogP contribution in [0.2, 0.25) is 0 Å². The number of anilines is 1. The van der Waals surface area contributed by atoms with Gasteiger partial charge in [-0.25, -0.2) is 4.39 Å². The fourth-order valence-corrected chi connectivity index (χ4v) is 5.09. The smallest absolute Gasteiger partial charge is 0.254 e. The Bertz CT molecular complexity index is 1280. The molecule has 0 N–H and O–H groups in total. The Balaban J connectivity index is 1.22. The molecule has 0 saturated carbocycles. The molecule has 0 radical (unpaired) electrons. The van der Waals surface area contributed by atoms with Crippen LogP contribution in [0.15, 0.2) is 60.7 Å². The van der Waals surface area contributed by atoms with Crippen LogP contribution in [0.25, 0.3) is 11.3 Å². The van der Waals surface area contributed by atoms with Crippen molar-refractivity contribution in [2.75, 3.05) is 50.8 Å². The number of amides is 2. The van der Waals surface area contributed by atoms with E-state index in [1.54, 1.807) is 11.0 Å². The Morgan fingerprint density at radius 1 is 1.00 bits per heavy atom. The predicted octanol–water partition coefficient (Wildman–Crippen LogP) is 3.95. The first kappa shape index (κ1) is 26.7. The Morgan fingerprint density at radius 3 is 2.56 bits per heavy atom. The maximum atomic E-state index is 13.8. The molecule has 2 aliphatic heterocycles. The van der Waals surface area contributed by atoms with Gasteiger partial charge in [0.25, 0.3) is 5.91 Å². The highest BCUT2D eigenvalue weighted by atomic mass is 19.1. The van der Waals surface area contributed by atoms with Crippen molar-refractivity contribution in [2.24, 2.45) is 0 Å². The van der Waals surface area contributed by atoms with Gasteiger partial charge in [0.1, 0.15) is 12.4 Å². The number of aromatic nitrogens is 2. The molecule has 2 aliphatic rings. The van der Waals surface area contributed by atoms with Crippen LogP contribution in [-0.2, 0) is 9.53 Å². The first-order valence-electron chi connectivity index (χ1n) is 13.6. The van der Waals surface area contributed by atoms with Gasteiger partial charge in [-0.1, -0.05) is 35.9 Å². The summed E-state index contributed by atoms with van der Waals surface area (Å²) < 4.78 is 19.5. The van der Waals surface area contributed by atoms with E-state index in [2.05, 4.69) is 34.2 Å². The highest BCUT2D eigenvalue weighted by Crippen LogP contribution is 2.21. The Morgan fingerprint density at radius 2 is 1.85 bits per heavy atom. The second kappa shape index (κ2) is 12.3. The van der Waals surface area contributed by atoms with Crippen LogP contribution >= 0.6 is 0 Å². The van der Waals surface area contributed by atoms with Crippen molar-refractivity contribution < 1.29 is 18.7 Å². The summed E-state index contributed by atoms with van der Waals surface area (Å²) in [5, 5.41) is 8.88. The fraction of sp³-hybridized carbons (Fsp3) is 0.400. The molecule has 204 valence electrons. The molecule has 0 unspecified atom stereocenters. The molecule has 3 aromatic rings. The van der Waals surface area contributed by atoms with E-state index < -0.39 is 5.82 Å². The average molecular weight is 532 g/mol. The second-order valence-corrected chi connectivity index (χ2v) is 10.2. The van der Waals surface area contributed by atoms with Gasteiger partial charge in [0.15, 0.2) is 5.82 Å². The zero-order valence-corrected chi connectivity index (χ0v) is 22.3. The van der Waals surface area contributed by atoms with Gasteiger partial charge in [-0.3, -0.25) is 9.59 Å². The lowest BCUT2D eigenvalue weighted by atomic mass is 10.1. The van der Waals surface area contributed by atoms with Crippen LogP contribution in [0.3, 0.4) is 0 Å². The second-order valence-electron chi connectivity index (χ2n) is 10.2. The molecule has 0 spiro atoms. The first-order valence-corrected chi connectivity index (χ1v) is 13.6. The van der Waals surface area contributed by atoms with Crippen LogP contribution < -0.4 is 4.90 Å². The summed E-state index contributed by atoms with van der Waals surface area (Å²) in [5.74, 6) is -0.188. The molecule has 2 amide bonds. The van der Waals surface area contributed by atoms with E-state index in [4.69, 9.17) is 4.74 Å². The third-order valence-electron chi connectivity index (χ3n) is 7.30. The molecule has 2 fully saturated rings. The van der Waals surface area contributed by atoms with E-state index in [-0.39, 0.29) is 30.0 Å². The van der Waals surface area contributed by atoms with E-state index >= 15 is 0 Å². The number of nitrogens with zero attached hydrogens (tertiary/aromatic N) is 5. The normalized spacial score (nSPS) is 17.6. The summed E-state index contributed by atoms with van der Waals surface area (Å²) in [6, 6.07) is 17.7. The van der Waals surface area contributed by atoms with Gasteiger partial charge < -0.3 is 19.4 Å². The molecule has 2 saturated heterocycles. The maximum absolute atomic E-state index is 13.8. The quantitative estimate of drug-likeness (QED) is 0.460. The predicted molar refractivity (Wildman–Crippen MR) is 147 cm³/mol. The lowest BCUT2D eigenvalue weighted by Gasteiger charge is -2.28. The number of hydrogen-bond donors (Lipinski definition) is 0. The zero-order valence-electron chi connectivity index (χ0n) is 22.3. The van der Waals surface area contributed by atoms with Gasteiger partial charge >= 0.3 is 0 Å². The number of halogens is 1. The first-order chi connectivity index (χ1) is 19.0. The Hall–Kier alpha value is -3.85. The fourth-order valence-electron chi connectivity index (χ4n) is 5.09. The van der Waals surface area contributed by atoms with Crippen molar-refractivity contribution in [3.8, 4) is 11.3 Å². The monoisotopic (exact) mass is 531 g/mol. The lowest BCUT2D eigenvalue weighted by molar-refractivity contribution is -0.132. The number of hydrogen-bond acceptors (Lipinski definition) is 6. The van der Waals surface area contributed by atoms with E-state index in [1.165, 1.54) is 28.7 Å². The van der Waals surface area contributed by atoms with E-state index in [0.717, 1.165) is 42.9 Å². The molecule has 5 rings (SSSR count). The Kier molecular flexibility index (Phi) is 8.46. The van der Waals surface area contributed by atoms with Crippen LogP contribution in [0.5, 0.6) is 0 Å². The molecule has 8 nitrogen and oxygen atoms in total. The number of rotatable bonds is 7. The minimum atomic E-state index is -0.480. The summed E-state index contributed by atoms with van der Waals surface area (Å²) in [7, 11) is 0. The molecule has 1 atom stereocenters. The number of benzene rings is 2. The molecule has 2 aromatic carbocycles. The molecular weight excluding hydrogens is 497 g/mol. The zero-order chi connectivity index (χ0) is 27.2. The third-order valence-corrected chi connectivity index (χ3v) is 7.30. The molecule has 0 aliphatic carbocycles. The van der Waals surface area contributed by atoms with Crippen molar-refractivity contribution in [2.45, 2.75) is 32.3 Å². The van der Waals surface area contributed by atoms with Gasteiger partial charge in [-0.05, 0) is 56.5 Å². The minimum absolute atomic E-state index is 0.0692. The molecule has 39 heavy (non-hydrogen) atoms. The largest absolute Gasteiger partial charge is 0.376 e. The molecular formula is C30H34FN5O3. The lowest BCUT2D eigenvalue weighted by Crippen LogP contribution is -2.46. The van der Waals surface area contributed by atoms with Gasteiger partial charge in [0, 0.05) is 50.5 Å². The minimum Gasteiger partial charge on any atom is -0.376 e. The van der Waals surface area contributed by atoms with Crippen molar-refractivity contribution in [1.82, 2.24) is 20.0 Å². The average Bonchev–Trinajstić information content (AvgIpc) is 3.34. The Labute approximate surface area is 228 Å². The van der Waals surface area contributed by atoms with Crippen LogP contribution in [0.4, 0.5) is 10.2 Å². The number of aryl methyl sites for hydroxylation is 1. The summed E-state index contributed by atoms with van der Waals surface area (Å²) in [5.41, 5.74) is 3.27. The SMILES string of the molecule is Cc1ccc(-c2ccc(N3CCCN(C(=O)CN(C[C@H]4CCCO4)C(=O)c4cccc(F)c4)CC3)nn2)cc1. The molecule has 0 bridgehead atoms. The van der Waals surface area contributed by atoms with Gasteiger partial charge in [0.2, 0.25) is 5.91 Å². The summed E-state index contributed by atoms with van der Waals surface area (Å²) >= 11 is 0.